The second-order valence-electron chi connectivity index (χ2n) is 13.9. The van der Waals surface area contributed by atoms with Gasteiger partial charge in [-0.1, -0.05) is 169 Å². The van der Waals surface area contributed by atoms with E-state index in [1.165, 1.54) is 68.5 Å². The highest BCUT2D eigenvalue weighted by atomic mass is 14.7. The third-order valence-electron chi connectivity index (χ3n) is 10.7. The average molecular weight is 686 g/mol. The highest BCUT2D eigenvalue weighted by molar-refractivity contribution is 6.09. The third-order valence-corrected chi connectivity index (χ3v) is 10.7. The second kappa shape index (κ2) is 14.4. The molecule has 7 aromatic rings. The Labute approximate surface area is 312 Å². The molecule has 0 aromatic heterocycles. The van der Waals surface area contributed by atoms with E-state index < -0.39 is 0 Å². The first-order chi connectivity index (χ1) is 26.0. The topological polar surface area (TPSA) is 75.9 Å². The first kappa shape index (κ1) is 33.8. The summed E-state index contributed by atoms with van der Waals surface area (Å²) in [6, 6.07) is 56.0. The molecule has 0 fully saturated rings. The Hall–Kier alpha value is -6.29. The van der Waals surface area contributed by atoms with Gasteiger partial charge in [-0.15, -0.1) is 0 Å². The van der Waals surface area contributed by atoms with E-state index in [9.17, 15) is 0 Å². The standard InChI is InChI=1S/C36H24N2.C7H11N.C7H8/c37-35(38)29-21-23-11-2-1-10-22(23)20-28(29)26-15-9-19-33-34(26)27-14-5-8-18-32(27)36(33)30-16-6-3-12-24(30)25-13-4-7-17-31(25)36;8-6-7-4-2-1-3-5-7;1-7-5-3-2-4-6-7/h1-21H,(H3,37,38);2,4-5H,1,3,6,8H2;2-6H,1H3. The molecule has 3 nitrogen and oxygen atoms in total. The molecule has 0 bridgehead atoms. The van der Waals surface area contributed by atoms with Crippen LogP contribution < -0.4 is 11.5 Å². The number of aryl methyl sites for hydroxylation is 1. The lowest BCUT2D eigenvalue weighted by Crippen LogP contribution is -2.25. The zero-order valence-corrected chi connectivity index (χ0v) is 30.0. The summed E-state index contributed by atoms with van der Waals surface area (Å²) in [4.78, 5) is 0. The van der Waals surface area contributed by atoms with Gasteiger partial charge in [0.2, 0.25) is 0 Å². The Morgan fingerprint density at radius 2 is 1.09 bits per heavy atom. The molecule has 53 heavy (non-hydrogen) atoms. The molecular formula is C50H43N3. The summed E-state index contributed by atoms with van der Waals surface area (Å²) in [6.07, 6.45) is 8.82. The highest BCUT2D eigenvalue weighted by Gasteiger charge is 2.52. The van der Waals surface area contributed by atoms with Crippen LogP contribution in [-0.4, -0.2) is 12.4 Å². The average Bonchev–Trinajstić information content (AvgIpc) is 3.69. The fourth-order valence-corrected chi connectivity index (χ4v) is 8.41. The summed E-state index contributed by atoms with van der Waals surface area (Å²) in [5.41, 5.74) is 27.0. The van der Waals surface area contributed by atoms with E-state index in [0.717, 1.165) is 27.5 Å². The predicted octanol–water partition coefficient (Wildman–Crippen LogP) is 11.4. The van der Waals surface area contributed by atoms with Gasteiger partial charge in [0.25, 0.3) is 0 Å². The number of rotatable bonds is 3. The minimum atomic E-state index is -0.387. The van der Waals surface area contributed by atoms with Gasteiger partial charge in [-0.05, 0) is 104 Å². The number of allylic oxidation sites excluding steroid dienone is 2. The molecule has 3 heteroatoms. The van der Waals surface area contributed by atoms with Crippen molar-refractivity contribution in [2.24, 2.45) is 11.5 Å². The second-order valence-corrected chi connectivity index (χ2v) is 13.9. The van der Waals surface area contributed by atoms with E-state index in [-0.39, 0.29) is 11.3 Å². The van der Waals surface area contributed by atoms with Crippen molar-refractivity contribution in [2.45, 2.75) is 25.2 Å². The van der Waals surface area contributed by atoms with E-state index in [4.69, 9.17) is 16.9 Å². The van der Waals surface area contributed by atoms with Crippen LogP contribution in [0.3, 0.4) is 0 Å². The first-order valence-electron chi connectivity index (χ1n) is 18.4. The van der Waals surface area contributed by atoms with Crippen molar-refractivity contribution in [3.63, 3.8) is 0 Å². The molecule has 3 aliphatic rings. The van der Waals surface area contributed by atoms with Crippen molar-refractivity contribution in [1.29, 1.82) is 5.41 Å². The molecule has 1 spiro atoms. The molecule has 3 aliphatic carbocycles. The van der Waals surface area contributed by atoms with E-state index in [2.05, 4.69) is 159 Å². The molecule has 10 rings (SSSR count). The quantitative estimate of drug-likeness (QED) is 0.128. The molecule has 0 heterocycles. The normalized spacial score (nSPS) is 13.7. The lowest BCUT2D eigenvalue weighted by atomic mass is 9.70. The van der Waals surface area contributed by atoms with Crippen LogP contribution in [0.5, 0.6) is 0 Å². The van der Waals surface area contributed by atoms with Gasteiger partial charge in [-0.3, -0.25) is 5.41 Å². The van der Waals surface area contributed by atoms with E-state index in [0.29, 0.717) is 6.54 Å². The van der Waals surface area contributed by atoms with Gasteiger partial charge in [-0.2, -0.15) is 0 Å². The summed E-state index contributed by atoms with van der Waals surface area (Å²) >= 11 is 0. The zero-order chi connectivity index (χ0) is 36.4. The van der Waals surface area contributed by atoms with E-state index in [1.54, 1.807) is 0 Å². The number of hydrogen-bond acceptors (Lipinski definition) is 2. The maximum Gasteiger partial charge on any atom is 0.123 e. The number of nitrogens with one attached hydrogen (secondary N) is 1. The molecule has 5 N–H and O–H groups in total. The van der Waals surface area contributed by atoms with Crippen molar-refractivity contribution >= 4 is 16.6 Å². The number of fused-ring (bicyclic) bond motifs is 11. The molecule has 0 unspecified atom stereocenters. The summed E-state index contributed by atoms with van der Waals surface area (Å²) in [5, 5.41) is 10.7. The summed E-state index contributed by atoms with van der Waals surface area (Å²) in [6.45, 7) is 2.77. The van der Waals surface area contributed by atoms with Gasteiger partial charge in [0.05, 0.1) is 5.41 Å². The van der Waals surface area contributed by atoms with Gasteiger partial charge in [-0.25, -0.2) is 0 Å². The van der Waals surface area contributed by atoms with Crippen LogP contribution in [0.4, 0.5) is 0 Å². The molecule has 0 saturated carbocycles. The number of nitrogen functional groups attached to an aromatic ring is 1. The van der Waals surface area contributed by atoms with Gasteiger partial charge in [0.15, 0.2) is 0 Å². The van der Waals surface area contributed by atoms with Crippen LogP contribution >= 0.6 is 0 Å². The first-order valence-corrected chi connectivity index (χ1v) is 18.4. The number of benzene rings is 7. The van der Waals surface area contributed by atoms with Crippen LogP contribution in [0, 0.1) is 12.3 Å². The Bertz CT molecular complexity index is 2490. The Balaban J connectivity index is 0.000000222. The van der Waals surface area contributed by atoms with Crippen LogP contribution in [0.25, 0.3) is 44.2 Å². The van der Waals surface area contributed by atoms with Crippen molar-refractivity contribution in [3.8, 4) is 33.4 Å². The molecule has 0 aliphatic heterocycles. The monoisotopic (exact) mass is 685 g/mol. The lowest BCUT2D eigenvalue weighted by Gasteiger charge is -2.30. The largest absolute Gasteiger partial charge is 0.384 e. The lowest BCUT2D eigenvalue weighted by molar-refractivity contribution is 0.794. The molecule has 0 saturated heterocycles. The molecule has 7 aromatic carbocycles. The van der Waals surface area contributed by atoms with Crippen LogP contribution in [0.15, 0.2) is 182 Å². The van der Waals surface area contributed by atoms with Gasteiger partial charge in [0, 0.05) is 12.1 Å². The maximum atomic E-state index is 8.47. The molecular weight excluding hydrogens is 643 g/mol. The third kappa shape index (κ3) is 5.90. The van der Waals surface area contributed by atoms with Crippen molar-refractivity contribution < 1.29 is 0 Å². The summed E-state index contributed by atoms with van der Waals surface area (Å²) < 4.78 is 0. The van der Waals surface area contributed by atoms with E-state index >= 15 is 0 Å². The minimum absolute atomic E-state index is 0.0842. The summed E-state index contributed by atoms with van der Waals surface area (Å²) in [7, 11) is 0. The van der Waals surface area contributed by atoms with Crippen LogP contribution in [0.2, 0.25) is 0 Å². The van der Waals surface area contributed by atoms with Crippen molar-refractivity contribution in [3.05, 3.63) is 215 Å². The van der Waals surface area contributed by atoms with Gasteiger partial charge < -0.3 is 11.5 Å². The minimum Gasteiger partial charge on any atom is -0.384 e. The number of hydrogen-bond donors (Lipinski definition) is 3. The maximum absolute atomic E-state index is 8.47. The zero-order valence-electron chi connectivity index (χ0n) is 30.0. The Morgan fingerprint density at radius 3 is 1.64 bits per heavy atom. The summed E-state index contributed by atoms with van der Waals surface area (Å²) in [5.74, 6) is 0.0842. The molecule has 0 radical (unpaired) electrons. The smallest absolute Gasteiger partial charge is 0.123 e. The fraction of sp³-hybridized carbons (Fsp3) is 0.100. The molecule has 0 amide bonds. The van der Waals surface area contributed by atoms with Crippen LogP contribution in [-0.2, 0) is 5.41 Å². The predicted molar refractivity (Wildman–Crippen MR) is 223 cm³/mol. The highest BCUT2D eigenvalue weighted by Crippen LogP contribution is 2.64. The fourth-order valence-electron chi connectivity index (χ4n) is 8.41. The van der Waals surface area contributed by atoms with Crippen LogP contribution in [0.1, 0.15) is 46.2 Å². The van der Waals surface area contributed by atoms with Gasteiger partial charge in [0.1, 0.15) is 5.84 Å². The number of amidine groups is 1. The Morgan fingerprint density at radius 1 is 0.566 bits per heavy atom. The molecule has 258 valence electrons. The molecule has 0 atom stereocenters. The van der Waals surface area contributed by atoms with Crippen molar-refractivity contribution in [2.75, 3.05) is 6.54 Å². The van der Waals surface area contributed by atoms with E-state index in [1.807, 2.05) is 24.3 Å². The SMILES string of the molecule is Cc1ccccc1.N=C(N)c1cc2ccccc2cc1-c1cccc2c1-c1ccccc1C21c2ccccc2-c2ccccc21.NCC1=CCCC=C1. The Kier molecular flexibility index (Phi) is 9.18. The number of nitrogens with two attached hydrogens (primary N) is 2. The van der Waals surface area contributed by atoms with Crippen molar-refractivity contribution in [1.82, 2.24) is 0 Å². The van der Waals surface area contributed by atoms with Gasteiger partial charge >= 0.3 is 0 Å².